The fourth-order valence-electron chi connectivity index (χ4n) is 4.25. The Hall–Kier alpha value is -1.36. The maximum absolute atomic E-state index is 14.5. The summed E-state index contributed by atoms with van der Waals surface area (Å²) in [5, 5.41) is 13.3. The predicted molar refractivity (Wildman–Crippen MR) is 92.6 cm³/mol. The highest BCUT2D eigenvalue weighted by atomic mass is 35.5. The molecule has 1 unspecified atom stereocenters. The number of nitrogens with one attached hydrogen (secondary N) is 1. The summed E-state index contributed by atoms with van der Waals surface area (Å²) in [6.45, 7) is -0.00817. The molecule has 3 aliphatic rings. The van der Waals surface area contributed by atoms with Gasteiger partial charge >= 0.3 is 0 Å². The smallest absolute Gasteiger partial charge is 0.148 e. The fraction of sp³-hybridized carbons (Fsp3) is 0.474. The van der Waals surface area contributed by atoms with Gasteiger partial charge in [-0.1, -0.05) is 35.9 Å². The van der Waals surface area contributed by atoms with Crippen LogP contribution in [0.1, 0.15) is 30.9 Å². The van der Waals surface area contributed by atoms with Crippen LogP contribution >= 0.6 is 11.6 Å². The molecule has 2 aliphatic heterocycles. The molecule has 0 radical (unpaired) electrons. The van der Waals surface area contributed by atoms with E-state index in [1.54, 1.807) is 6.07 Å². The Balaban J connectivity index is 1.74. The number of hydrogen-bond acceptors (Lipinski definition) is 3. The number of benzene rings is 1. The lowest BCUT2D eigenvalue weighted by Gasteiger charge is -2.47. The predicted octanol–water partition coefficient (Wildman–Crippen LogP) is 4.23. The minimum absolute atomic E-state index is 0.00817. The van der Waals surface area contributed by atoms with Crippen molar-refractivity contribution in [1.82, 2.24) is 0 Å². The van der Waals surface area contributed by atoms with Crippen molar-refractivity contribution in [2.24, 2.45) is 11.8 Å². The van der Waals surface area contributed by atoms with E-state index in [0.29, 0.717) is 16.6 Å². The van der Waals surface area contributed by atoms with Crippen LogP contribution in [0.15, 0.2) is 36.4 Å². The summed E-state index contributed by atoms with van der Waals surface area (Å²) < 4.78 is 20.7. The van der Waals surface area contributed by atoms with Gasteiger partial charge in [0.2, 0.25) is 0 Å². The molecule has 0 bridgehead atoms. The van der Waals surface area contributed by atoms with Crippen molar-refractivity contribution in [3.05, 3.63) is 52.8 Å². The van der Waals surface area contributed by atoms with E-state index in [-0.39, 0.29) is 36.6 Å². The molecule has 24 heavy (non-hydrogen) atoms. The van der Waals surface area contributed by atoms with E-state index >= 15 is 0 Å². The third kappa shape index (κ3) is 2.77. The maximum atomic E-state index is 14.5. The van der Waals surface area contributed by atoms with Gasteiger partial charge in [0.1, 0.15) is 5.82 Å². The van der Waals surface area contributed by atoms with Gasteiger partial charge in [0.15, 0.2) is 0 Å². The van der Waals surface area contributed by atoms with Gasteiger partial charge in [0, 0.05) is 28.5 Å². The molecule has 1 saturated heterocycles. The van der Waals surface area contributed by atoms with E-state index in [1.165, 1.54) is 6.07 Å². The summed E-state index contributed by atoms with van der Waals surface area (Å²) in [6.07, 6.45) is 10.7. The third-order valence-corrected chi connectivity index (χ3v) is 5.61. The number of allylic oxidation sites excluding steroid dienone is 3. The van der Waals surface area contributed by atoms with Gasteiger partial charge in [0.25, 0.3) is 0 Å². The summed E-state index contributed by atoms with van der Waals surface area (Å²) >= 11 is 6.08. The highest BCUT2D eigenvalue weighted by Gasteiger charge is 2.44. The quantitative estimate of drug-likeness (QED) is 0.839. The van der Waals surface area contributed by atoms with E-state index in [2.05, 4.69) is 23.5 Å². The van der Waals surface area contributed by atoms with Gasteiger partial charge in [-0.25, -0.2) is 4.39 Å². The van der Waals surface area contributed by atoms with Crippen LogP contribution in [-0.2, 0) is 4.74 Å². The molecule has 0 spiro atoms. The molecule has 2 heterocycles. The van der Waals surface area contributed by atoms with E-state index < -0.39 is 0 Å². The molecule has 4 rings (SSSR count). The number of fused-ring (bicyclic) bond motifs is 3. The van der Waals surface area contributed by atoms with Gasteiger partial charge in [-0.15, -0.1) is 0 Å². The van der Waals surface area contributed by atoms with Crippen LogP contribution in [0.2, 0.25) is 5.02 Å². The third-order valence-electron chi connectivity index (χ3n) is 5.39. The van der Waals surface area contributed by atoms with E-state index in [4.69, 9.17) is 16.3 Å². The van der Waals surface area contributed by atoms with Crippen LogP contribution in [-0.4, -0.2) is 23.9 Å². The maximum Gasteiger partial charge on any atom is 0.148 e. The zero-order chi connectivity index (χ0) is 16.7. The molecule has 1 fully saturated rings. The monoisotopic (exact) mass is 349 g/mol. The Bertz CT molecular complexity index is 690. The van der Waals surface area contributed by atoms with Crippen molar-refractivity contribution < 1.29 is 14.2 Å². The lowest BCUT2D eigenvalue weighted by Crippen LogP contribution is -2.47. The molecule has 0 saturated carbocycles. The van der Waals surface area contributed by atoms with E-state index in [9.17, 15) is 9.50 Å². The minimum atomic E-state index is -0.342. The molecular formula is C19H21ClFNO2. The summed E-state index contributed by atoms with van der Waals surface area (Å²) in [5.74, 6) is 0.199. The van der Waals surface area contributed by atoms with Crippen LogP contribution in [0.4, 0.5) is 10.1 Å². The van der Waals surface area contributed by atoms with Gasteiger partial charge < -0.3 is 15.2 Å². The zero-order valence-corrected chi connectivity index (χ0v) is 14.0. The zero-order valence-electron chi connectivity index (χ0n) is 13.3. The highest BCUT2D eigenvalue weighted by Crippen LogP contribution is 2.49. The number of rotatable bonds is 2. The summed E-state index contributed by atoms with van der Waals surface area (Å²) in [6, 6.07) is 3.24. The molecule has 1 aromatic carbocycles. The number of ether oxygens (including phenoxy) is 1. The molecule has 3 nitrogen and oxygen atoms in total. The molecule has 1 aromatic rings. The number of hydrogen-bond donors (Lipinski definition) is 2. The summed E-state index contributed by atoms with van der Waals surface area (Å²) in [5.41, 5.74) is 1.27. The second-order valence-electron chi connectivity index (χ2n) is 6.84. The van der Waals surface area contributed by atoms with Crippen molar-refractivity contribution >= 4 is 17.3 Å². The lowest BCUT2D eigenvalue weighted by atomic mass is 9.73. The first-order valence-electron chi connectivity index (χ1n) is 8.52. The van der Waals surface area contributed by atoms with Crippen molar-refractivity contribution in [2.75, 3.05) is 11.9 Å². The molecule has 0 aromatic heterocycles. The number of aliphatic hydroxyl groups excluding tert-OH is 1. The van der Waals surface area contributed by atoms with E-state index in [1.807, 2.05) is 6.08 Å². The van der Waals surface area contributed by atoms with Gasteiger partial charge in [0.05, 0.1) is 24.5 Å². The van der Waals surface area contributed by atoms with Crippen molar-refractivity contribution in [2.45, 2.75) is 37.5 Å². The minimum Gasteiger partial charge on any atom is -0.394 e. The molecule has 5 atom stereocenters. The largest absolute Gasteiger partial charge is 0.394 e. The average molecular weight is 350 g/mol. The first-order chi connectivity index (χ1) is 11.7. The van der Waals surface area contributed by atoms with Crippen LogP contribution in [0.25, 0.3) is 0 Å². The van der Waals surface area contributed by atoms with Crippen LogP contribution < -0.4 is 5.32 Å². The first-order valence-corrected chi connectivity index (χ1v) is 8.90. The highest BCUT2D eigenvalue weighted by molar-refractivity contribution is 6.30. The SMILES string of the molecule is OC[C@H]1CC[C@@H]2[C@H](O1)c1cc(Cl)cc(F)c1N[C@H]2C1C=CC=CC1. The van der Waals surface area contributed by atoms with Gasteiger partial charge in [-0.3, -0.25) is 0 Å². The summed E-state index contributed by atoms with van der Waals surface area (Å²) in [4.78, 5) is 0. The van der Waals surface area contributed by atoms with Crippen LogP contribution in [0.3, 0.4) is 0 Å². The number of anilines is 1. The second-order valence-corrected chi connectivity index (χ2v) is 7.27. The molecule has 2 N–H and O–H groups in total. The average Bonchev–Trinajstić information content (AvgIpc) is 2.61. The Labute approximate surface area is 146 Å². The van der Waals surface area contributed by atoms with Crippen molar-refractivity contribution in [3.63, 3.8) is 0 Å². The molecule has 5 heteroatoms. The Kier molecular flexibility index (Phi) is 4.37. The molecular weight excluding hydrogens is 329 g/mol. The van der Waals surface area contributed by atoms with Gasteiger partial charge in [-0.05, 0) is 31.4 Å². The van der Waals surface area contributed by atoms with Gasteiger partial charge in [-0.2, -0.15) is 0 Å². The van der Waals surface area contributed by atoms with Crippen LogP contribution in [0, 0.1) is 17.7 Å². The number of halogens is 2. The Morgan fingerprint density at radius 3 is 2.92 bits per heavy atom. The number of aliphatic hydroxyl groups is 1. The molecule has 0 amide bonds. The molecule has 128 valence electrons. The topological polar surface area (TPSA) is 41.5 Å². The van der Waals surface area contributed by atoms with Crippen LogP contribution in [0.5, 0.6) is 0 Å². The molecule has 1 aliphatic carbocycles. The van der Waals surface area contributed by atoms with Crippen molar-refractivity contribution in [3.8, 4) is 0 Å². The Morgan fingerprint density at radius 1 is 1.29 bits per heavy atom. The Morgan fingerprint density at radius 2 is 2.17 bits per heavy atom. The standard InChI is InChI=1S/C19H21ClFNO2/c20-12-8-15-18(16(21)9-12)22-17(11-4-2-1-3-5-11)14-7-6-13(10-23)24-19(14)15/h1-4,8-9,11,13-14,17,19,22-23H,5-7,10H2/t11?,13-,14+,17+,19+/m1/s1. The fourth-order valence-corrected chi connectivity index (χ4v) is 4.46. The normalized spacial score (nSPS) is 34.4. The lowest BCUT2D eigenvalue weighted by molar-refractivity contribution is -0.112. The first kappa shape index (κ1) is 16.1. The van der Waals surface area contributed by atoms with E-state index in [0.717, 1.165) is 24.8 Å². The van der Waals surface area contributed by atoms with Crippen molar-refractivity contribution in [1.29, 1.82) is 0 Å². The second kappa shape index (κ2) is 6.51. The summed E-state index contributed by atoms with van der Waals surface area (Å²) in [7, 11) is 0.